The van der Waals surface area contributed by atoms with Gasteiger partial charge in [-0.3, -0.25) is 4.98 Å². The Morgan fingerprint density at radius 3 is 2.44 bits per heavy atom. The molecule has 0 radical (unpaired) electrons. The Kier molecular flexibility index (Phi) is 3.54. The van der Waals surface area contributed by atoms with Crippen LogP contribution in [0.2, 0.25) is 0 Å². The lowest BCUT2D eigenvalue weighted by atomic mass is 9.89. The molecule has 1 aromatic rings. The molecule has 16 heavy (non-hydrogen) atoms. The Balaban J connectivity index is 2.98. The van der Waals surface area contributed by atoms with Crippen molar-refractivity contribution < 1.29 is 18.3 Å². The fourth-order valence-corrected chi connectivity index (χ4v) is 1.30. The summed E-state index contributed by atoms with van der Waals surface area (Å²) in [5.74, 6) is 0. The van der Waals surface area contributed by atoms with Gasteiger partial charge in [0.2, 0.25) is 0 Å². The van der Waals surface area contributed by atoms with Crippen LogP contribution in [0.5, 0.6) is 0 Å². The maximum Gasteiger partial charge on any atom is 0.419 e. The molecule has 1 rings (SSSR count). The molecule has 3 nitrogen and oxygen atoms in total. The van der Waals surface area contributed by atoms with Gasteiger partial charge in [-0.1, -0.05) is 6.07 Å². The largest absolute Gasteiger partial charge is 0.419 e. The van der Waals surface area contributed by atoms with E-state index in [1.54, 1.807) is 12.1 Å². The van der Waals surface area contributed by atoms with Crippen LogP contribution in [0.25, 0.3) is 0 Å². The van der Waals surface area contributed by atoms with Crippen molar-refractivity contribution in [3.05, 3.63) is 30.1 Å². The average Bonchev–Trinajstić information content (AvgIpc) is 2.17. The van der Waals surface area contributed by atoms with Crippen LogP contribution in [0.4, 0.5) is 13.2 Å². The Bertz CT molecular complexity index is 340. The van der Waals surface area contributed by atoms with Gasteiger partial charge in [0.1, 0.15) is 0 Å². The lowest BCUT2D eigenvalue weighted by Gasteiger charge is -2.33. The Hall–Kier alpha value is -1.14. The van der Waals surface area contributed by atoms with E-state index in [-0.39, 0.29) is 5.69 Å². The highest BCUT2D eigenvalue weighted by atomic mass is 19.4. The molecule has 1 heterocycles. The molecule has 90 valence electrons. The summed E-state index contributed by atoms with van der Waals surface area (Å²) in [5.41, 5.74) is 2.42. The number of nitrogens with two attached hydrogens (primary N) is 1. The van der Waals surface area contributed by atoms with E-state index >= 15 is 0 Å². The zero-order chi connectivity index (χ0) is 12.4. The van der Waals surface area contributed by atoms with Crippen molar-refractivity contribution in [2.75, 3.05) is 0 Å². The van der Waals surface area contributed by atoms with Crippen molar-refractivity contribution in [2.24, 2.45) is 5.73 Å². The molecule has 2 atom stereocenters. The minimum Gasteiger partial charge on any atom is -0.379 e. The molecule has 0 saturated heterocycles. The highest BCUT2D eigenvalue weighted by Gasteiger charge is 2.56. The van der Waals surface area contributed by atoms with Gasteiger partial charge in [0.15, 0.2) is 5.60 Å². The SMILES string of the molecule is CC(N)C(O)(Cc1ccccn1)C(F)(F)F. The van der Waals surface area contributed by atoms with E-state index in [1.807, 2.05) is 0 Å². The third-order valence-corrected chi connectivity index (χ3v) is 2.42. The van der Waals surface area contributed by atoms with Gasteiger partial charge in [-0.15, -0.1) is 0 Å². The fraction of sp³-hybridized carbons (Fsp3) is 0.500. The first-order valence-electron chi connectivity index (χ1n) is 4.72. The van der Waals surface area contributed by atoms with E-state index < -0.39 is 24.2 Å². The van der Waals surface area contributed by atoms with E-state index in [0.29, 0.717) is 0 Å². The quantitative estimate of drug-likeness (QED) is 0.827. The molecule has 0 aromatic carbocycles. The van der Waals surface area contributed by atoms with Gasteiger partial charge in [-0.2, -0.15) is 13.2 Å². The topological polar surface area (TPSA) is 59.1 Å². The maximum atomic E-state index is 12.7. The molecule has 0 amide bonds. The second kappa shape index (κ2) is 4.39. The van der Waals surface area contributed by atoms with Crippen molar-refractivity contribution in [3.63, 3.8) is 0 Å². The third-order valence-electron chi connectivity index (χ3n) is 2.42. The first-order valence-corrected chi connectivity index (χ1v) is 4.72. The van der Waals surface area contributed by atoms with E-state index in [4.69, 9.17) is 5.73 Å². The Morgan fingerprint density at radius 1 is 1.44 bits per heavy atom. The highest BCUT2D eigenvalue weighted by molar-refractivity contribution is 5.10. The summed E-state index contributed by atoms with van der Waals surface area (Å²) in [6.45, 7) is 1.12. The van der Waals surface area contributed by atoms with Gasteiger partial charge in [-0.05, 0) is 19.1 Å². The molecule has 0 spiro atoms. The minimum absolute atomic E-state index is 0.152. The second-order valence-electron chi connectivity index (χ2n) is 3.71. The lowest BCUT2D eigenvalue weighted by molar-refractivity contribution is -0.265. The van der Waals surface area contributed by atoms with Gasteiger partial charge in [-0.25, -0.2) is 0 Å². The third kappa shape index (κ3) is 2.51. The number of halogens is 3. The van der Waals surface area contributed by atoms with Crippen LogP contribution in [0.15, 0.2) is 24.4 Å². The zero-order valence-electron chi connectivity index (χ0n) is 8.70. The van der Waals surface area contributed by atoms with Crippen LogP contribution < -0.4 is 5.73 Å². The van der Waals surface area contributed by atoms with Gasteiger partial charge >= 0.3 is 6.18 Å². The molecule has 2 unspecified atom stereocenters. The minimum atomic E-state index is -4.78. The van der Waals surface area contributed by atoms with Crippen LogP contribution in [0.1, 0.15) is 12.6 Å². The molecular formula is C10H13F3N2O. The number of aromatic nitrogens is 1. The first-order chi connectivity index (χ1) is 7.27. The maximum absolute atomic E-state index is 12.7. The summed E-state index contributed by atoms with van der Waals surface area (Å²) in [4.78, 5) is 3.74. The molecular weight excluding hydrogens is 221 g/mol. The number of hydrogen-bond acceptors (Lipinski definition) is 3. The number of hydrogen-bond donors (Lipinski definition) is 2. The highest BCUT2D eigenvalue weighted by Crippen LogP contribution is 2.34. The van der Waals surface area contributed by atoms with Crippen molar-refractivity contribution >= 4 is 0 Å². The standard InChI is InChI=1S/C10H13F3N2O/c1-7(14)9(16,10(11,12)13)6-8-4-2-3-5-15-8/h2-5,7,16H,6,14H2,1H3. The van der Waals surface area contributed by atoms with Gasteiger partial charge in [0, 0.05) is 24.4 Å². The summed E-state index contributed by atoms with van der Waals surface area (Å²) in [6.07, 6.45) is -4.05. The van der Waals surface area contributed by atoms with E-state index in [1.165, 1.54) is 12.3 Å². The lowest BCUT2D eigenvalue weighted by Crippen LogP contribution is -2.58. The van der Waals surface area contributed by atoms with Crippen molar-refractivity contribution in [1.29, 1.82) is 0 Å². The molecule has 3 N–H and O–H groups in total. The first kappa shape index (κ1) is 12.9. The Labute approximate surface area is 91.1 Å². The van der Waals surface area contributed by atoms with E-state index in [2.05, 4.69) is 4.98 Å². The predicted octanol–water partition coefficient (Wildman–Crippen LogP) is 1.26. The molecule has 0 aliphatic rings. The molecule has 1 aromatic heterocycles. The smallest absolute Gasteiger partial charge is 0.379 e. The van der Waals surface area contributed by atoms with Crippen molar-refractivity contribution in [2.45, 2.75) is 31.2 Å². The molecule has 0 saturated carbocycles. The van der Waals surface area contributed by atoms with Crippen LogP contribution in [0, 0.1) is 0 Å². The van der Waals surface area contributed by atoms with Crippen molar-refractivity contribution in [1.82, 2.24) is 4.98 Å². The van der Waals surface area contributed by atoms with Crippen LogP contribution in [-0.4, -0.2) is 27.9 Å². The zero-order valence-corrected chi connectivity index (χ0v) is 8.70. The molecule has 0 fully saturated rings. The van der Waals surface area contributed by atoms with Gasteiger partial charge in [0.25, 0.3) is 0 Å². The van der Waals surface area contributed by atoms with Crippen molar-refractivity contribution in [3.8, 4) is 0 Å². The number of alkyl halides is 3. The second-order valence-corrected chi connectivity index (χ2v) is 3.71. The molecule has 0 bridgehead atoms. The van der Waals surface area contributed by atoms with Gasteiger partial charge < -0.3 is 10.8 Å². The number of aliphatic hydroxyl groups is 1. The van der Waals surface area contributed by atoms with E-state index in [0.717, 1.165) is 6.92 Å². The molecule has 6 heteroatoms. The summed E-state index contributed by atoms with van der Waals surface area (Å²) in [5, 5.41) is 9.59. The number of nitrogens with zero attached hydrogens (tertiary/aromatic N) is 1. The molecule has 0 aliphatic heterocycles. The summed E-state index contributed by atoms with van der Waals surface area (Å²) >= 11 is 0. The average molecular weight is 234 g/mol. The predicted molar refractivity (Wildman–Crippen MR) is 52.6 cm³/mol. The van der Waals surface area contributed by atoms with E-state index in [9.17, 15) is 18.3 Å². The molecule has 0 aliphatic carbocycles. The number of rotatable bonds is 3. The normalized spacial score (nSPS) is 17.9. The fourth-order valence-electron chi connectivity index (χ4n) is 1.30. The van der Waals surface area contributed by atoms with Crippen LogP contribution >= 0.6 is 0 Å². The summed E-state index contributed by atoms with van der Waals surface area (Å²) < 4.78 is 38.0. The van der Waals surface area contributed by atoms with Gasteiger partial charge in [0.05, 0.1) is 0 Å². The Morgan fingerprint density at radius 2 is 2.06 bits per heavy atom. The van der Waals surface area contributed by atoms with Crippen LogP contribution in [-0.2, 0) is 6.42 Å². The monoisotopic (exact) mass is 234 g/mol. The van der Waals surface area contributed by atoms with Crippen LogP contribution in [0.3, 0.4) is 0 Å². The summed E-state index contributed by atoms with van der Waals surface area (Å²) in [6, 6.07) is 3.14. The number of pyridine rings is 1. The summed E-state index contributed by atoms with van der Waals surface area (Å²) in [7, 11) is 0.